The van der Waals surface area contributed by atoms with E-state index in [1.165, 1.54) is 0 Å². The maximum absolute atomic E-state index is 13.6. The zero-order valence-corrected chi connectivity index (χ0v) is 15.8. The standard InChI is InChI=1S/C22H21NO3S/c1-23-20(17-11-5-2-6-12-17)22(21(26-23)18-13-7-3-8-14-18)27(24,25)19-15-9-4-10-16-19/h2-16,20-22H,1H3. The van der Waals surface area contributed by atoms with Gasteiger partial charge in [-0.25, -0.2) is 8.42 Å². The van der Waals surface area contributed by atoms with Crippen molar-refractivity contribution in [1.82, 2.24) is 5.06 Å². The summed E-state index contributed by atoms with van der Waals surface area (Å²) in [5, 5.41) is 0.924. The minimum absolute atomic E-state index is 0.316. The van der Waals surface area contributed by atoms with Crippen LogP contribution in [0.3, 0.4) is 0 Å². The van der Waals surface area contributed by atoms with Gasteiger partial charge in [-0.3, -0.25) is 4.84 Å². The Labute approximate surface area is 159 Å². The van der Waals surface area contributed by atoms with Crippen molar-refractivity contribution in [2.45, 2.75) is 22.3 Å². The molecule has 3 aromatic rings. The third-order valence-corrected chi connectivity index (χ3v) is 7.13. The summed E-state index contributed by atoms with van der Waals surface area (Å²) in [6, 6.07) is 27.4. The highest BCUT2D eigenvalue weighted by Crippen LogP contribution is 2.46. The third-order valence-electron chi connectivity index (χ3n) is 4.98. The van der Waals surface area contributed by atoms with Crippen LogP contribution in [-0.2, 0) is 14.7 Å². The number of rotatable bonds is 4. The molecule has 1 fully saturated rings. The molecular weight excluding hydrogens is 358 g/mol. The van der Waals surface area contributed by atoms with E-state index in [9.17, 15) is 8.42 Å². The van der Waals surface area contributed by atoms with Gasteiger partial charge in [0, 0.05) is 7.05 Å². The first-order valence-electron chi connectivity index (χ1n) is 8.87. The summed E-state index contributed by atoms with van der Waals surface area (Å²) in [6.45, 7) is 0. The van der Waals surface area contributed by atoms with Gasteiger partial charge in [-0.2, -0.15) is 5.06 Å². The Morgan fingerprint density at radius 2 is 1.22 bits per heavy atom. The quantitative estimate of drug-likeness (QED) is 0.682. The molecule has 0 aliphatic carbocycles. The summed E-state index contributed by atoms with van der Waals surface area (Å²) < 4.78 is 27.3. The molecule has 0 spiro atoms. The molecule has 0 amide bonds. The zero-order valence-electron chi connectivity index (χ0n) is 15.0. The van der Waals surface area contributed by atoms with Crippen LogP contribution in [0.1, 0.15) is 23.3 Å². The summed E-state index contributed by atoms with van der Waals surface area (Å²) >= 11 is 0. The highest BCUT2D eigenvalue weighted by atomic mass is 32.2. The highest BCUT2D eigenvalue weighted by Gasteiger charge is 2.50. The van der Waals surface area contributed by atoms with E-state index in [0.29, 0.717) is 4.90 Å². The van der Waals surface area contributed by atoms with Gasteiger partial charge in [-0.05, 0) is 23.3 Å². The normalized spacial score (nSPS) is 23.4. The lowest BCUT2D eigenvalue weighted by atomic mass is 9.97. The van der Waals surface area contributed by atoms with Gasteiger partial charge in [-0.1, -0.05) is 78.9 Å². The van der Waals surface area contributed by atoms with Crippen LogP contribution in [-0.4, -0.2) is 25.8 Å². The maximum Gasteiger partial charge on any atom is 0.186 e. The van der Waals surface area contributed by atoms with E-state index in [-0.39, 0.29) is 0 Å². The van der Waals surface area contributed by atoms with Crippen LogP contribution in [0.2, 0.25) is 0 Å². The molecule has 4 rings (SSSR count). The molecule has 4 nitrogen and oxygen atoms in total. The summed E-state index contributed by atoms with van der Waals surface area (Å²) in [6.07, 6.45) is -0.577. The number of hydroxylamine groups is 2. The number of hydrogen-bond donors (Lipinski definition) is 0. The molecular formula is C22H21NO3S. The van der Waals surface area contributed by atoms with Gasteiger partial charge >= 0.3 is 0 Å². The third kappa shape index (κ3) is 3.30. The molecule has 1 saturated heterocycles. The van der Waals surface area contributed by atoms with Gasteiger partial charge in [0.25, 0.3) is 0 Å². The summed E-state index contributed by atoms with van der Waals surface area (Å²) in [5.41, 5.74) is 1.77. The molecule has 3 atom stereocenters. The van der Waals surface area contributed by atoms with Crippen molar-refractivity contribution in [2.24, 2.45) is 0 Å². The summed E-state index contributed by atoms with van der Waals surface area (Å²) in [5.74, 6) is 0. The SMILES string of the molecule is CN1OC(c2ccccc2)C(S(=O)(=O)c2ccccc2)C1c1ccccc1. The Morgan fingerprint density at radius 1 is 0.741 bits per heavy atom. The number of hydrogen-bond acceptors (Lipinski definition) is 4. The van der Waals surface area contributed by atoms with Gasteiger partial charge in [0.15, 0.2) is 9.84 Å². The molecule has 1 heterocycles. The minimum atomic E-state index is -3.63. The van der Waals surface area contributed by atoms with Gasteiger partial charge in [0.1, 0.15) is 11.4 Å². The molecule has 0 bridgehead atoms. The number of benzene rings is 3. The lowest BCUT2D eigenvalue weighted by Gasteiger charge is -2.24. The highest BCUT2D eigenvalue weighted by molar-refractivity contribution is 7.92. The fourth-order valence-corrected chi connectivity index (χ4v) is 5.77. The monoisotopic (exact) mass is 379 g/mol. The Morgan fingerprint density at radius 3 is 1.78 bits per heavy atom. The second kappa shape index (κ2) is 7.27. The topological polar surface area (TPSA) is 46.6 Å². The molecule has 3 unspecified atom stereocenters. The molecule has 0 N–H and O–H groups in total. The number of nitrogens with zero attached hydrogens (tertiary/aromatic N) is 1. The molecule has 1 aliphatic rings. The van der Waals surface area contributed by atoms with Crippen molar-refractivity contribution in [1.29, 1.82) is 0 Å². The molecule has 138 valence electrons. The molecule has 3 aromatic carbocycles. The van der Waals surface area contributed by atoms with Gasteiger partial charge < -0.3 is 0 Å². The smallest absolute Gasteiger partial charge is 0.186 e. The van der Waals surface area contributed by atoms with Crippen molar-refractivity contribution in [3.8, 4) is 0 Å². The maximum atomic E-state index is 13.6. The molecule has 1 aliphatic heterocycles. The molecule has 5 heteroatoms. The average molecular weight is 379 g/mol. The van der Waals surface area contributed by atoms with E-state index in [1.54, 1.807) is 36.4 Å². The van der Waals surface area contributed by atoms with Crippen LogP contribution >= 0.6 is 0 Å². The first-order chi connectivity index (χ1) is 13.1. The predicted molar refractivity (Wildman–Crippen MR) is 105 cm³/mol. The Hall–Kier alpha value is -2.47. The van der Waals surface area contributed by atoms with Crippen LogP contribution < -0.4 is 0 Å². The second-order valence-electron chi connectivity index (χ2n) is 6.66. The van der Waals surface area contributed by atoms with E-state index in [0.717, 1.165) is 11.1 Å². The van der Waals surface area contributed by atoms with Crippen LogP contribution in [0.25, 0.3) is 0 Å². The Kier molecular flexibility index (Phi) is 4.83. The summed E-state index contributed by atoms with van der Waals surface area (Å²) in [7, 11) is -1.83. The van der Waals surface area contributed by atoms with E-state index >= 15 is 0 Å². The first kappa shape index (κ1) is 17.9. The molecule has 0 aromatic heterocycles. The van der Waals surface area contributed by atoms with Crippen molar-refractivity contribution in [2.75, 3.05) is 7.05 Å². The minimum Gasteiger partial charge on any atom is -0.289 e. The van der Waals surface area contributed by atoms with Gasteiger partial charge in [0.2, 0.25) is 0 Å². The Balaban J connectivity index is 1.87. The molecule has 0 radical (unpaired) electrons. The van der Waals surface area contributed by atoms with Crippen LogP contribution in [0.4, 0.5) is 0 Å². The van der Waals surface area contributed by atoms with E-state index in [2.05, 4.69) is 0 Å². The Bertz CT molecular complexity index is 992. The van der Waals surface area contributed by atoms with Crippen LogP contribution in [0.15, 0.2) is 95.9 Å². The lowest BCUT2D eigenvalue weighted by molar-refractivity contribution is -0.145. The van der Waals surface area contributed by atoms with Gasteiger partial charge in [-0.15, -0.1) is 0 Å². The van der Waals surface area contributed by atoms with Crippen LogP contribution in [0.5, 0.6) is 0 Å². The molecule has 27 heavy (non-hydrogen) atoms. The van der Waals surface area contributed by atoms with E-state index < -0.39 is 27.2 Å². The van der Waals surface area contributed by atoms with Crippen molar-refractivity contribution in [3.63, 3.8) is 0 Å². The summed E-state index contributed by atoms with van der Waals surface area (Å²) in [4.78, 5) is 6.40. The van der Waals surface area contributed by atoms with Crippen LogP contribution in [0, 0.1) is 0 Å². The van der Waals surface area contributed by atoms with Crippen molar-refractivity contribution >= 4 is 9.84 Å². The lowest BCUT2D eigenvalue weighted by Crippen LogP contribution is -2.32. The predicted octanol–water partition coefficient (Wildman–Crippen LogP) is 4.19. The zero-order chi connectivity index (χ0) is 18.9. The average Bonchev–Trinajstić information content (AvgIpc) is 3.08. The fourth-order valence-electron chi connectivity index (χ4n) is 3.72. The number of sulfone groups is 1. The van der Waals surface area contributed by atoms with E-state index in [4.69, 9.17) is 4.84 Å². The molecule has 0 saturated carbocycles. The first-order valence-corrected chi connectivity index (χ1v) is 10.4. The second-order valence-corrected chi connectivity index (χ2v) is 8.77. The van der Waals surface area contributed by atoms with E-state index in [1.807, 2.05) is 66.7 Å². The van der Waals surface area contributed by atoms with Crippen molar-refractivity contribution < 1.29 is 13.3 Å². The fraction of sp³-hybridized carbons (Fsp3) is 0.182. The van der Waals surface area contributed by atoms with Crippen molar-refractivity contribution in [3.05, 3.63) is 102 Å². The van der Waals surface area contributed by atoms with Gasteiger partial charge in [0.05, 0.1) is 10.9 Å². The largest absolute Gasteiger partial charge is 0.289 e.